The molecule has 1 heterocycles. The van der Waals surface area contributed by atoms with Crippen LogP contribution in [0.4, 0.5) is 0 Å². The lowest BCUT2D eigenvalue weighted by Gasteiger charge is -2.12. The summed E-state index contributed by atoms with van der Waals surface area (Å²) in [7, 11) is 0. The molecule has 3 nitrogen and oxygen atoms in total. The normalized spacial score (nSPS) is 12.1. The van der Waals surface area contributed by atoms with E-state index in [4.69, 9.17) is 5.73 Å². The molecule has 1 aromatic carbocycles. The molecule has 0 radical (unpaired) electrons. The van der Waals surface area contributed by atoms with E-state index < -0.39 is 6.04 Å². The molecule has 1 aromatic heterocycles. The van der Waals surface area contributed by atoms with Crippen molar-refractivity contribution >= 4 is 17.2 Å². The average Bonchev–Trinajstić information content (AvgIpc) is 2.88. The summed E-state index contributed by atoms with van der Waals surface area (Å²) < 4.78 is 0. The van der Waals surface area contributed by atoms with Gasteiger partial charge in [0.25, 0.3) is 0 Å². The highest BCUT2D eigenvalue weighted by Crippen LogP contribution is 2.14. The van der Waals surface area contributed by atoms with E-state index in [0.29, 0.717) is 13.0 Å². The van der Waals surface area contributed by atoms with Crippen LogP contribution in [0.5, 0.6) is 0 Å². The van der Waals surface area contributed by atoms with Gasteiger partial charge in [0.1, 0.15) is 0 Å². The Morgan fingerprint density at radius 2 is 2.05 bits per heavy atom. The van der Waals surface area contributed by atoms with Crippen molar-refractivity contribution < 1.29 is 4.79 Å². The number of hydrogen-bond acceptors (Lipinski definition) is 3. The fourth-order valence-electron chi connectivity index (χ4n) is 1.98. The highest BCUT2D eigenvalue weighted by atomic mass is 32.1. The average molecular weight is 288 g/mol. The lowest BCUT2D eigenvalue weighted by Crippen LogP contribution is -2.40. The molecule has 0 spiro atoms. The Kier molecular flexibility index (Phi) is 5.32. The molecule has 0 bridgehead atoms. The van der Waals surface area contributed by atoms with Crippen molar-refractivity contribution in [2.24, 2.45) is 5.73 Å². The van der Waals surface area contributed by atoms with E-state index in [1.165, 1.54) is 16.0 Å². The number of thiophene rings is 1. The second-order valence-electron chi connectivity index (χ2n) is 4.88. The molecule has 0 aliphatic carbocycles. The number of carbonyl (C=O) groups excluding carboxylic acids is 1. The standard InChI is InChI=1S/C16H20N2OS/c1-12-9-10-20-15(12)11-18-16(19)14(17)8-7-13-5-3-2-4-6-13/h2-6,9-10,14H,7-8,11,17H2,1H3,(H,18,19). The number of amides is 1. The summed E-state index contributed by atoms with van der Waals surface area (Å²) in [5.74, 6) is -0.0752. The molecule has 0 aliphatic heterocycles. The number of benzene rings is 1. The van der Waals surface area contributed by atoms with E-state index in [1.54, 1.807) is 11.3 Å². The van der Waals surface area contributed by atoms with E-state index in [2.05, 4.69) is 23.5 Å². The lowest BCUT2D eigenvalue weighted by atomic mass is 10.1. The minimum Gasteiger partial charge on any atom is -0.350 e. The Morgan fingerprint density at radius 1 is 1.30 bits per heavy atom. The SMILES string of the molecule is Cc1ccsc1CNC(=O)C(N)CCc1ccccc1. The largest absolute Gasteiger partial charge is 0.350 e. The number of carbonyl (C=O) groups is 1. The van der Waals surface area contributed by atoms with Gasteiger partial charge in [0.15, 0.2) is 0 Å². The molecule has 2 aromatic rings. The van der Waals surface area contributed by atoms with Crippen molar-refractivity contribution in [2.45, 2.75) is 32.4 Å². The van der Waals surface area contributed by atoms with Gasteiger partial charge in [-0.05, 0) is 42.3 Å². The summed E-state index contributed by atoms with van der Waals surface area (Å²) in [6.45, 7) is 2.62. The summed E-state index contributed by atoms with van der Waals surface area (Å²) >= 11 is 1.66. The third-order valence-electron chi connectivity index (χ3n) is 3.31. The second kappa shape index (κ2) is 7.22. The maximum Gasteiger partial charge on any atom is 0.237 e. The topological polar surface area (TPSA) is 55.1 Å². The molecule has 0 fully saturated rings. The minimum atomic E-state index is -0.449. The van der Waals surface area contributed by atoms with E-state index in [9.17, 15) is 4.79 Å². The molecular formula is C16H20N2OS. The van der Waals surface area contributed by atoms with E-state index in [-0.39, 0.29) is 5.91 Å². The third-order valence-corrected chi connectivity index (χ3v) is 4.34. The third kappa shape index (κ3) is 4.18. The van der Waals surface area contributed by atoms with Crippen molar-refractivity contribution in [1.82, 2.24) is 5.32 Å². The van der Waals surface area contributed by atoms with Crippen LogP contribution in [0.25, 0.3) is 0 Å². The predicted molar refractivity (Wildman–Crippen MR) is 83.6 cm³/mol. The van der Waals surface area contributed by atoms with Crippen LogP contribution in [0.3, 0.4) is 0 Å². The summed E-state index contributed by atoms with van der Waals surface area (Å²) in [5, 5.41) is 4.94. The maximum atomic E-state index is 11.9. The van der Waals surface area contributed by atoms with Gasteiger partial charge in [0.2, 0.25) is 5.91 Å². The number of nitrogens with one attached hydrogen (secondary N) is 1. The van der Waals surface area contributed by atoms with Crippen LogP contribution in [0, 0.1) is 6.92 Å². The monoisotopic (exact) mass is 288 g/mol. The first-order chi connectivity index (χ1) is 9.66. The van der Waals surface area contributed by atoms with Gasteiger partial charge in [-0.2, -0.15) is 0 Å². The highest BCUT2D eigenvalue weighted by molar-refractivity contribution is 7.10. The summed E-state index contributed by atoms with van der Waals surface area (Å²) in [6, 6.07) is 11.7. The zero-order valence-corrected chi connectivity index (χ0v) is 12.5. The Labute approximate surface area is 123 Å². The molecule has 1 atom stereocenters. The first-order valence-corrected chi connectivity index (χ1v) is 7.65. The number of hydrogen-bond donors (Lipinski definition) is 2. The highest BCUT2D eigenvalue weighted by Gasteiger charge is 2.13. The quantitative estimate of drug-likeness (QED) is 0.858. The fraction of sp³-hybridized carbons (Fsp3) is 0.312. The molecule has 4 heteroatoms. The molecule has 0 aliphatic rings. The summed E-state index contributed by atoms with van der Waals surface area (Å²) in [6.07, 6.45) is 1.49. The number of aryl methyl sites for hydroxylation is 2. The van der Waals surface area contributed by atoms with Gasteiger partial charge in [-0.15, -0.1) is 11.3 Å². The Morgan fingerprint density at radius 3 is 2.70 bits per heavy atom. The van der Waals surface area contributed by atoms with Gasteiger partial charge >= 0.3 is 0 Å². The van der Waals surface area contributed by atoms with Crippen molar-refractivity contribution in [3.63, 3.8) is 0 Å². The van der Waals surface area contributed by atoms with E-state index in [0.717, 1.165) is 6.42 Å². The summed E-state index contributed by atoms with van der Waals surface area (Å²) in [4.78, 5) is 13.1. The number of nitrogens with two attached hydrogens (primary N) is 1. The molecule has 2 rings (SSSR count). The Balaban J connectivity index is 1.76. The van der Waals surface area contributed by atoms with Gasteiger partial charge in [-0.25, -0.2) is 0 Å². The van der Waals surface area contributed by atoms with Crippen LogP contribution in [0.1, 0.15) is 22.4 Å². The zero-order chi connectivity index (χ0) is 14.4. The molecule has 0 saturated heterocycles. The van der Waals surface area contributed by atoms with Crippen molar-refractivity contribution in [1.29, 1.82) is 0 Å². The second-order valence-corrected chi connectivity index (χ2v) is 5.88. The Bertz CT molecular complexity index is 551. The van der Waals surface area contributed by atoms with Gasteiger partial charge < -0.3 is 11.1 Å². The predicted octanol–water partition coefficient (Wildman–Crippen LogP) is 2.63. The van der Waals surface area contributed by atoms with Crippen molar-refractivity contribution in [3.05, 3.63) is 57.8 Å². The van der Waals surface area contributed by atoms with Crippen LogP contribution in [-0.2, 0) is 17.8 Å². The van der Waals surface area contributed by atoms with Gasteiger partial charge in [0.05, 0.1) is 12.6 Å². The molecular weight excluding hydrogens is 268 g/mol. The molecule has 3 N–H and O–H groups in total. The molecule has 106 valence electrons. The van der Waals surface area contributed by atoms with Gasteiger partial charge in [-0.1, -0.05) is 30.3 Å². The summed E-state index contributed by atoms with van der Waals surface area (Å²) in [5.41, 5.74) is 8.36. The van der Waals surface area contributed by atoms with Crippen LogP contribution in [0.2, 0.25) is 0 Å². The van der Waals surface area contributed by atoms with Crippen molar-refractivity contribution in [2.75, 3.05) is 0 Å². The first kappa shape index (κ1) is 14.8. The molecule has 20 heavy (non-hydrogen) atoms. The molecule has 1 unspecified atom stereocenters. The van der Waals surface area contributed by atoms with E-state index >= 15 is 0 Å². The lowest BCUT2D eigenvalue weighted by molar-refractivity contribution is -0.122. The fourth-order valence-corrected chi connectivity index (χ4v) is 2.83. The zero-order valence-electron chi connectivity index (χ0n) is 11.6. The van der Waals surface area contributed by atoms with Crippen LogP contribution in [0.15, 0.2) is 41.8 Å². The number of rotatable bonds is 6. The van der Waals surface area contributed by atoms with Gasteiger partial charge in [-0.3, -0.25) is 4.79 Å². The Hall–Kier alpha value is -1.65. The van der Waals surface area contributed by atoms with Gasteiger partial charge in [0, 0.05) is 4.88 Å². The molecule has 1 amide bonds. The van der Waals surface area contributed by atoms with Crippen LogP contribution >= 0.6 is 11.3 Å². The first-order valence-electron chi connectivity index (χ1n) is 6.77. The van der Waals surface area contributed by atoms with Crippen LogP contribution < -0.4 is 11.1 Å². The smallest absolute Gasteiger partial charge is 0.237 e. The van der Waals surface area contributed by atoms with Crippen molar-refractivity contribution in [3.8, 4) is 0 Å². The minimum absolute atomic E-state index is 0.0752. The van der Waals surface area contributed by atoms with E-state index in [1.807, 2.05) is 30.5 Å². The molecule has 0 saturated carbocycles. The van der Waals surface area contributed by atoms with Crippen LogP contribution in [-0.4, -0.2) is 11.9 Å². The maximum absolute atomic E-state index is 11.9.